The molecule has 0 saturated carbocycles. The molecule has 0 fully saturated rings. The molecule has 1 heterocycles. The molecule has 26 heavy (non-hydrogen) atoms. The van der Waals surface area contributed by atoms with Crippen LogP contribution in [-0.4, -0.2) is 30.2 Å². The number of carbonyl (C=O) groups is 1. The molecule has 0 spiro atoms. The van der Waals surface area contributed by atoms with Crippen LogP contribution in [0.15, 0.2) is 65.6 Å². The number of methoxy groups -OCH3 is 1. The third kappa shape index (κ3) is 3.29. The normalized spacial score (nSPS) is 15.7. The maximum atomic E-state index is 12.9. The molecule has 3 nitrogen and oxygen atoms in total. The summed E-state index contributed by atoms with van der Waals surface area (Å²) >= 11 is 1.68. The molecule has 0 N–H and O–H groups in total. The molecular formula is C22H21NO2S. The van der Waals surface area contributed by atoms with E-state index in [1.807, 2.05) is 36.2 Å². The van der Waals surface area contributed by atoms with Gasteiger partial charge in [-0.3, -0.25) is 4.79 Å². The van der Waals surface area contributed by atoms with Crippen LogP contribution in [0.3, 0.4) is 0 Å². The minimum absolute atomic E-state index is 0.0119. The zero-order chi connectivity index (χ0) is 18.1. The van der Waals surface area contributed by atoms with Gasteiger partial charge in [-0.1, -0.05) is 36.4 Å². The van der Waals surface area contributed by atoms with Crippen molar-refractivity contribution in [1.29, 1.82) is 0 Å². The molecule has 0 unspecified atom stereocenters. The Morgan fingerprint density at radius 3 is 2.69 bits per heavy atom. The Labute approximate surface area is 158 Å². The first kappa shape index (κ1) is 17.0. The van der Waals surface area contributed by atoms with Crippen molar-refractivity contribution in [2.24, 2.45) is 0 Å². The minimum Gasteiger partial charge on any atom is -0.497 e. The summed E-state index contributed by atoms with van der Waals surface area (Å²) in [5, 5.41) is 2.29. The van der Waals surface area contributed by atoms with Crippen LogP contribution in [0, 0.1) is 0 Å². The van der Waals surface area contributed by atoms with Crippen LogP contribution in [0.4, 0.5) is 0 Å². The fourth-order valence-electron chi connectivity index (χ4n) is 3.42. The van der Waals surface area contributed by atoms with Crippen LogP contribution >= 0.6 is 11.8 Å². The molecular weight excluding hydrogens is 342 g/mol. The topological polar surface area (TPSA) is 29.5 Å². The average Bonchev–Trinajstić information content (AvgIpc) is 3.11. The summed E-state index contributed by atoms with van der Waals surface area (Å²) in [6.45, 7) is 0.619. The Hall–Kier alpha value is -2.46. The molecule has 0 saturated heterocycles. The van der Waals surface area contributed by atoms with E-state index >= 15 is 0 Å². The lowest BCUT2D eigenvalue weighted by Gasteiger charge is -2.21. The molecule has 1 aliphatic heterocycles. The number of thioether (sulfide) groups is 1. The van der Waals surface area contributed by atoms with Gasteiger partial charge in [0.25, 0.3) is 0 Å². The van der Waals surface area contributed by atoms with Gasteiger partial charge in [0.1, 0.15) is 5.75 Å². The summed E-state index contributed by atoms with van der Waals surface area (Å²) in [5.74, 6) is 1.05. The van der Waals surface area contributed by atoms with E-state index in [1.165, 1.54) is 10.5 Å². The van der Waals surface area contributed by atoms with E-state index in [-0.39, 0.29) is 11.2 Å². The highest BCUT2D eigenvalue weighted by atomic mass is 32.2. The van der Waals surface area contributed by atoms with Crippen LogP contribution in [0.5, 0.6) is 5.75 Å². The van der Waals surface area contributed by atoms with E-state index in [1.54, 1.807) is 18.9 Å². The molecule has 0 bridgehead atoms. The Balaban J connectivity index is 1.47. The van der Waals surface area contributed by atoms with Gasteiger partial charge in [-0.25, -0.2) is 0 Å². The highest BCUT2D eigenvalue weighted by Crippen LogP contribution is 2.37. The maximum Gasteiger partial charge on any atom is 0.236 e. The molecule has 132 valence electrons. The van der Waals surface area contributed by atoms with Gasteiger partial charge in [0.2, 0.25) is 5.91 Å². The summed E-state index contributed by atoms with van der Waals surface area (Å²) in [5.41, 5.74) is 2.42. The monoisotopic (exact) mass is 363 g/mol. The van der Waals surface area contributed by atoms with Gasteiger partial charge in [-0.05, 0) is 52.6 Å². The highest BCUT2D eigenvalue weighted by molar-refractivity contribution is 8.01. The molecule has 1 atom stereocenters. The van der Waals surface area contributed by atoms with Crippen LogP contribution in [-0.2, 0) is 17.8 Å². The number of rotatable bonds is 4. The molecule has 4 heteroatoms. The van der Waals surface area contributed by atoms with Crippen molar-refractivity contribution in [3.05, 3.63) is 71.8 Å². The standard InChI is InChI=1S/C22H21NO2S/c1-23(22(24)21-13-18-5-3-4-6-20(18)26-21)14-15-7-8-17-12-19(25-2)10-9-16(17)11-15/h3-12,21H,13-14H2,1-2H3/t21-/m0/s1. The molecule has 3 aromatic rings. The van der Waals surface area contributed by atoms with E-state index in [0.29, 0.717) is 6.54 Å². The van der Waals surface area contributed by atoms with E-state index in [4.69, 9.17) is 4.74 Å². The zero-order valence-corrected chi connectivity index (χ0v) is 15.8. The molecule has 0 radical (unpaired) electrons. The van der Waals surface area contributed by atoms with Crippen LogP contribution in [0.1, 0.15) is 11.1 Å². The van der Waals surface area contributed by atoms with Crippen molar-refractivity contribution >= 4 is 28.4 Å². The van der Waals surface area contributed by atoms with Gasteiger partial charge >= 0.3 is 0 Å². The van der Waals surface area contributed by atoms with Gasteiger partial charge in [-0.15, -0.1) is 11.8 Å². The molecule has 3 aromatic carbocycles. The lowest BCUT2D eigenvalue weighted by atomic mass is 10.1. The summed E-state index contributed by atoms with van der Waals surface area (Å²) < 4.78 is 5.28. The summed E-state index contributed by atoms with van der Waals surface area (Å²) in [7, 11) is 3.57. The smallest absolute Gasteiger partial charge is 0.236 e. The first-order chi connectivity index (χ1) is 12.6. The van der Waals surface area contributed by atoms with Crippen molar-refractivity contribution in [3.63, 3.8) is 0 Å². The number of amides is 1. The highest BCUT2D eigenvalue weighted by Gasteiger charge is 2.30. The second-order valence-electron chi connectivity index (χ2n) is 6.66. The van der Waals surface area contributed by atoms with Crippen LogP contribution in [0.25, 0.3) is 10.8 Å². The van der Waals surface area contributed by atoms with E-state index in [0.717, 1.165) is 28.5 Å². The summed E-state index contributed by atoms with van der Waals surface area (Å²) in [4.78, 5) is 15.9. The molecule has 1 aliphatic rings. The van der Waals surface area contributed by atoms with Crippen molar-refractivity contribution < 1.29 is 9.53 Å². The second kappa shape index (κ2) is 7.04. The summed E-state index contributed by atoms with van der Waals surface area (Å²) in [6.07, 6.45) is 0.821. The van der Waals surface area contributed by atoms with Crippen molar-refractivity contribution in [1.82, 2.24) is 4.90 Å². The fourth-order valence-corrected chi connectivity index (χ4v) is 4.73. The lowest BCUT2D eigenvalue weighted by molar-refractivity contribution is -0.129. The number of nitrogens with zero attached hydrogens (tertiary/aromatic N) is 1. The van der Waals surface area contributed by atoms with Gasteiger partial charge in [0, 0.05) is 18.5 Å². The lowest BCUT2D eigenvalue weighted by Crippen LogP contribution is -2.34. The number of fused-ring (bicyclic) bond motifs is 2. The fraction of sp³-hybridized carbons (Fsp3) is 0.227. The van der Waals surface area contributed by atoms with Gasteiger partial charge in [-0.2, -0.15) is 0 Å². The van der Waals surface area contributed by atoms with Gasteiger partial charge in [0.05, 0.1) is 12.4 Å². The molecule has 0 aromatic heterocycles. The molecule has 4 rings (SSSR count). The Morgan fingerprint density at radius 1 is 1.12 bits per heavy atom. The zero-order valence-electron chi connectivity index (χ0n) is 14.9. The third-order valence-electron chi connectivity index (χ3n) is 4.83. The van der Waals surface area contributed by atoms with E-state index in [2.05, 4.69) is 36.4 Å². The molecule has 0 aliphatic carbocycles. The minimum atomic E-state index is -0.0119. The van der Waals surface area contributed by atoms with E-state index in [9.17, 15) is 4.79 Å². The van der Waals surface area contributed by atoms with Crippen LogP contribution in [0.2, 0.25) is 0 Å². The van der Waals surface area contributed by atoms with Crippen molar-refractivity contribution in [2.75, 3.05) is 14.2 Å². The predicted octanol–water partition coefficient (Wildman–Crippen LogP) is 4.52. The number of ether oxygens (including phenoxy) is 1. The van der Waals surface area contributed by atoms with Crippen LogP contribution < -0.4 is 4.74 Å². The van der Waals surface area contributed by atoms with Crippen molar-refractivity contribution in [3.8, 4) is 5.75 Å². The third-order valence-corrected chi connectivity index (χ3v) is 6.14. The second-order valence-corrected chi connectivity index (χ2v) is 7.90. The first-order valence-electron chi connectivity index (χ1n) is 8.70. The maximum absolute atomic E-state index is 12.9. The Morgan fingerprint density at radius 2 is 1.88 bits per heavy atom. The quantitative estimate of drug-likeness (QED) is 0.682. The van der Waals surface area contributed by atoms with Crippen molar-refractivity contribution in [2.45, 2.75) is 23.1 Å². The number of benzene rings is 3. The SMILES string of the molecule is COc1ccc2cc(CN(C)C(=O)[C@@H]3Cc4ccccc4S3)ccc2c1. The molecule has 1 amide bonds. The first-order valence-corrected chi connectivity index (χ1v) is 9.58. The predicted molar refractivity (Wildman–Crippen MR) is 107 cm³/mol. The Kier molecular flexibility index (Phi) is 4.60. The number of hydrogen-bond acceptors (Lipinski definition) is 3. The average molecular weight is 363 g/mol. The van der Waals surface area contributed by atoms with Gasteiger partial charge in [0.15, 0.2) is 0 Å². The van der Waals surface area contributed by atoms with Gasteiger partial charge < -0.3 is 9.64 Å². The Bertz CT molecular complexity index is 944. The largest absolute Gasteiger partial charge is 0.497 e. The van der Waals surface area contributed by atoms with E-state index < -0.39 is 0 Å². The number of carbonyl (C=O) groups excluding carboxylic acids is 1. The number of hydrogen-bond donors (Lipinski definition) is 0. The summed E-state index contributed by atoms with van der Waals surface area (Å²) in [6, 6.07) is 20.7.